The van der Waals surface area contributed by atoms with E-state index in [0.717, 1.165) is 11.1 Å². The number of halogens is 1. The largest absolute Gasteiger partial charge is 0.324 e. The molecule has 28 heavy (non-hydrogen) atoms. The number of thiophene rings is 1. The van der Waals surface area contributed by atoms with Gasteiger partial charge in [-0.25, -0.2) is 9.37 Å². The Labute approximate surface area is 164 Å². The van der Waals surface area contributed by atoms with Gasteiger partial charge in [0.1, 0.15) is 17.2 Å². The molecule has 5 nitrogen and oxygen atoms in total. The molecule has 140 valence electrons. The Morgan fingerprint density at radius 2 is 1.93 bits per heavy atom. The number of aryl methyl sites for hydroxylation is 1. The van der Waals surface area contributed by atoms with Gasteiger partial charge in [-0.15, -0.1) is 11.3 Å². The molecule has 0 aliphatic heterocycles. The van der Waals surface area contributed by atoms with Crippen LogP contribution in [0.5, 0.6) is 0 Å². The van der Waals surface area contributed by atoms with Crippen molar-refractivity contribution in [2.24, 2.45) is 0 Å². The first-order chi connectivity index (χ1) is 13.5. The van der Waals surface area contributed by atoms with E-state index < -0.39 is 0 Å². The molecule has 0 bridgehead atoms. The molecule has 0 radical (unpaired) electrons. The van der Waals surface area contributed by atoms with Gasteiger partial charge in [0.15, 0.2) is 0 Å². The van der Waals surface area contributed by atoms with Crippen LogP contribution in [-0.4, -0.2) is 15.5 Å². The van der Waals surface area contributed by atoms with E-state index in [1.165, 1.54) is 34.4 Å². The minimum absolute atomic E-state index is 0.144. The van der Waals surface area contributed by atoms with Crippen LogP contribution in [-0.2, 0) is 11.3 Å². The molecule has 4 rings (SSSR count). The van der Waals surface area contributed by atoms with Gasteiger partial charge >= 0.3 is 0 Å². The van der Waals surface area contributed by atoms with Gasteiger partial charge in [0.05, 0.1) is 11.7 Å². The molecule has 7 heteroatoms. The van der Waals surface area contributed by atoms with Gasteiger partial charge < -0.3 is 5.32 Å². The maximum absolute atomic E-state index is 13.2. The van der Waals surface area contributed by atoms with Crippen molar-refractivity contribution in [3.63, 3.8) is 0 Å². The molecule has 2 aromatic heterocycles. The zero-order valence-electron chi connectivity index (χ0n) is 15.0. The third kappa shape index (κ3) is 3.44. The number of hydrogen-bond donors (Lipinski definition) is 1. The number of hydrogen-bond acceptors (Lipinski definition) is 4. The number of rotatable bonds is 4. The number of carbonyl (C=O) groups is 1. The molecule has 2 heterocycles. The van der Waals surface area contributed by atoms with E-state index in [9.17, 15) is 14.0 Å². The molecule has 0 atom stereocenters. The van der Waals surface area contributed by atoms with Gasteiger partial charge in [0.2, 0.25) is 5.91 Å². The molecule has 2 aromatic carbocycles. The Balaban J connectivity index is 1.67. The maximum Gasteiger partial charge on any atom is 0.263 e. The van der Waals surface area contributed by atoms with Crippen molar-refractivity contribution in [1.29, 1.82) is 0 Å². The van der Waals surface area contributed by atoms with E-state index in [0.29, 0.717) is 21.5 Å². The summed E-state index contributed by atoms with van der Waals surface area (Å²) in [5, 5.41) is 5.07. The molecule has 0 aliphatic rings. The van der Waals surface area contributed by atoms with Gasteiger partial charge in [-0.1, -0.05) is 30.3 Å². The van der Waals surface area contributed by atoms with E-state index in [4.69, 9.17) is 0 Å². The lowest BCUT2D eigenvalue weighted by Gasteiger charge is -2.09. The molecule has 0 saturated heterocycles. The van der Waals surface area contributed by atoms with Gasteiger partial charge in [0.25, 0.3) is 5.56 Å². The highest BCUT2D eigenvalue weighted by Gasteiger charge is 2.15. The normalized spacial score (nSPS) is 10.9. The third-order valence-electron chi connectivity index (χ3n) is 4.45. The van der Waals surface area contributed by atoms with E-state index in [1.807, 2.05) is 36.6 Å². The monoisotopic (exact) mass is 393 g/mol. The smallest absolute Gasteiger partial charge is 0.263 e. The first-order valence-corrected chi connectivity index (χ1v) is 9.49. The van der Waals surface area contributed by atoms with Crippen LogP contribution in [0.4, 0.5) is 10.1 Å². The minimum Gasteiger partial charge on any atom is -0.324 e. The van der Waals surface area contributed by atoms with Gasteiger partial charge in [-0.3, -0.25) is 14.2 Å². The Bertz CT molecular complexity index is 1230. The van der Waals surface area contributed by atoms with Crippen molar-refractivity contribution in [3.05, 3.63) is 82.0 Å². The number of para-hydroxylation sites is 1. The van der Waals surface area contributed by atoms with Crippen molar-refractivity contribution in [3.8, 4) is 11.1 Å². The van der Waals surface area contributed by atoms with Crippen LogP contribution < -0.4 is 10.9 Å². The van der Waals surface area contributed by atoms with E-state index in [-0.39, 0.29) is 23.8 Å². The summed E-state index contributed by atoms with van der Waals surface area (Å²) in [4.78, 5) is 30.3. The number of nitrogens with zero attached hydrogens (tertiary/aromatic N) is 2. The second kappa shape index (κ2) is 7.36. The fraction of sp³-hybridized carbons (Fsp3) is 0.0952. The minimum atomic E-state index is -0.341. The molecular weight excluding hydrogens is 377 g/mol. The van der Waals surface area contributed by atoms with Crippen LogP contribution in [0, 0.1) is 12.7 Å². The SMILES string of the molecule is Cc1ccccc1NC(=O)Cn1cnc2scc(-c3ccc(F)cc3)c2c1=O. The predicted molar refractivity (Wildman–Crippen MR) is 109 cm³/mol. The number of nitrogens with one attached hydrogen (secondary N) is 1. The lowest BCUT2D eigenvalue weighted by atomic mass is 10.1. The summed E-state index contributed by atoms with van der Waals surface area (Å²) in [6.07, 6.45) is 1.38. The average Bonchev–Trinajstić information content (AvgIpc) is 3.11. The third-order valence-corrected chi connectivity index (χ3v) is 5.34. The molecule has 0 saturated carbocycles. The van der Waals surface area contributed by atoms with Crippen LogP contribution >= 0.6 is 11.3 Å². The van der Waals surface area contributed by atoms with Crippen LogP contribution in [0.2, 0.25) is 0 Å². The number of amides is 1. The molecule has 4 aromatic rings. The fourth-order valence-electron chi connectivity index (χ4n) is 2.98. The molecular formula is C21H16FN3O2S. The number of anilines is 1. The summed E-state index contributed by atoms with van der Waals surface area (Å²) in [6.45, 7) is 1.75. The zero-order chi connectivity index (χ0) is 19.7. The molecule has 1 N–H and O–H groups in total. The molecule has 1 amide bonds. The van der Waals surface area contributed by atoms with Crippen molar-refractivity contribution in [2.45, 2.75) is 13.5 Å². The van der Waals surface area contributed by atoms with Gasteiger partial charge in [-0.2, -0.15) is 0 Å². The zero-order valence-corrected chi connectivity index (χ0v) is 15.8. The van der Waals surface area contributed by atoms with Crippen molar-refractivity contribution in [1.82, 2.24) is 9.55 Å². The Kier molecular flexibility index (Phi) is 4.75. The summed E-state index contributed by atoms with van der Waals surface area (Å²) >= 11 is 1.34. The highest BCUT2D eigenvalue weighted by Crippen LogP contribution is 2.30. The fourth-order valence-corrected chi connectivity index (χ4v) is 3.89. The lowest BCUT2D eigenvalue weighted by Crippen LogP contribution is -2.28. The lowest BCUT2D eigenvalue weighted by molar-refractivity contribution is -0.116. The standard InChI is InChI=1S/C21H16FN3O2S/c1-13-4-2-3-5-17(13)24-18(26)10-25-12-23-20-19(21(25)27)16(11-28-20)14-6-8-15(22)9-7-14/h2-9,11-12H,10H2,1H3,(H,24,26). The average molecular weight is 393 g/mol. The summed E-state index contributed by atoms with van der Waals surface area (Å²) in [7, 11) is 0. The number of aromatic nitrogens is 2. The van der Waals surface area contributed by atoms with Crippen molar-refractivity contribution in [2.75, 3.05) is 5.32 Å². The van der Waals surface area contributed by atoms with E-state index in [1.54, 1.807) is 12.1 Å². The molecule has 0 spiro atoms. The summed E-state index contributed by atoms with van der Waals surface area (Å²) in [6, 6.07) is 13.4. The quantitative estimate of drug-likeness (QED) is 0.565. The van der Waals surface area contributed by atoms with Crippen LogP contribution in [0.1, 0.15) is 5.56 Å². The molecule has 0 aliphatic carbocycles. The Hall–Kier alpha value is -3.32. The van der Waals surface area contributed by atoms with Crippen LogP contribution in [0.15, 0.2) is 65.0 Å². The van der Waals surface area contributed by atoms with Gasteiger partial charge in [0, 0.05) is 16.6 Å². The number of carbonyl (C=O) groups excluding carboxylic acids is 1. The molecule has 0 fully saturated rings. The topological polar surface area (TPSA) is 64.0 Å². The van der Waals surface area contributed by atoms with Crippen molar-refractivity contribution >= 4 is 33.1 Å². The summed E-state index contributed by atoms with van der Waals surface area (Å²) in [5.74, 6) is -0.650. The Morgan fingerprint density at radius 3 is 2.68 bits per heavy atom. The summed E-state index contributed by atoms with van der Waals surface area (Å²) in [5.41, 5.74) is 2.76. The maximum atomic E-state index is 13.2. The van der Waals surface area contributed by atoms with Crippen LogP contribution in [0.25, 0.3) is 21.3 Å². The van der Waals surface area contributed by atoms with Gasteiger partial charge in [-0.05, 0) is 36.2 Å². The number of benzene rings is 2. The number of fused-ring (bicyclic) bond motifs is 1. The highest BCUT2D eigenvalue weighted by atomic mass is 32.1. The molecule has 0 unspecified atom stereocenters. The second-order valence-corrected chi connectivity index (χ2v) is 7.24. The highest BCUT2D eigenvalue weighted by molar-refractivity contribution is 7.17. The Morgan fingerprint density at radius 1 is 1.18 bits per heavy atom. The first-order valence-electron chi connectivity index (χ1n) is 8.61. The second-order valence-electron chi connectivity index (χ2n) is 6.38. The van der Waals surface area contributed by atoms with E-state index >= 15 is 0 Å². The summed E-state index contributed by atoms with van der Waals surface area (Å²) < 4.78 is 14.5. The van der Waals surface area contributed by atoms with Crippen LogP contribution in [0.3, 0.4) is 0 Å². The predicted octanol–water partition coefficient (Wildman–Crippen LogP) is 4.21. The van der Waals surface area contributed by atoms with Crippen molar-refractivity contribution < 1.29 is 9.18 Å². The first kappa shape index (κ1) is 18.1. The van der Waals surface area contributed by atoms with E-state index in [2.05, 4.69) is 10.3 Å².